The molecule has 0 spiro atoms. The van der Waals surface area contributed by atoms with Gasteiger partial charge < -0.3 is 10.6 Å². The van der Waals surface area contributed by atoms with Crippen molar-refractivity contribution in [1.82, 2.24) is 4.90 Å². The SMILES string of the molecule is CN(Cc1ccc(C(N)=O)cc1)C(=O)c1cc(Br)c(Br)s1. The molecule has 0 unspecified atom stereocenters. The van der Waals surface area contributed by atoms with Crippen molar-refractivity contribution in [3.05, 3.63) is 54.6 Å². The van der Waals surface area contributed by atoms with E-state index in [9.17, 15) is 9.59 Å². The third-order valence-corrected chi connectivity index (χ3v) is 6.11. The molecule has 1 heterocycles. The Kier molecular flexibility index (Phi) is 5.18. The van der Waals surface area contributed by atoms with Gasteiger partial charge in [-0.3, -0.25) is 9.59 Å². The number of halogens is 2. The topological polar surface area (TPSA) is 63.4 Å². The number of carbonyl (C=O) groups is 2. The molecule has 7 heteroatoms. The number of thiophene rings is 1. The second-order valence-corrected chi connectivity index (χ2v) is 7.68. The maximum Gasteiger partial charge on any atom is 0.264 e. The predicted octanol–water partition coefficient (Wildman–Crippen LogP) is 3.64. The zero-order valence-corrected chi connectivity index (χ0v) is 15.1. The Hall–Kier alpha value is -1.18. The Morgan fingerprint density at radius 2 is 1.86 bits per heavy atom. The van der Waals surface area contributed by atoms with E-state index in [1.54, 1.807) is 42.3 Å². The molecule has 1 aromatic heterocycles. The molecule has 0 radical (unpaired) electrons. The van der Waals surface area contributed by atoms with E-state index in [2.05, 4.69) is 31.9 Å². The van der Waals surface area contributed by atoms with E-state index in [1.807, 2.05) is 0 Å². The Bertz CT molecular complexity index is 663. The van der Waals surface area contributed by atoms with Gasteiger partial charge in [-0.25, -0.2) is 0 Å². The van der Waals surface area contributed by atoms with Gasteiger partial charge in [0.05, 0.1) is 8.66 Å². The number of primary amides is 1. The number of amides is 2. The quantitative estimate of drug-likeness (QED) is 0.802. The molecule has 0 aliphatic carbocycles. The molecule has 0 fully saturated rings. The van der Waals surface area contributed by atoms with Crippen LogP contribution in [0.4, 0.5) is 0 Å². The molecule has 0 atom stereocenters. The predicted molar refractivity (Wildman–Crippen MR) is 90.5 cm³/mol. The maximum atomic E-state index is 12.3. The summed E-state index contributed by atoms with van der Waals surface area (Å²) in [6, 6.07) is 8.71. The van der Waals surface area contributed by atoms with Gasteiger partial charge in [-0.05, 0) is 55.6 Å². The van der Waals surface area contributed by atoms with Crippen molar-refractivity contribution in [1.29, 1.82) is 0 Å². The van der Waals surface area contributed by atoms with E-state index < -0.39 is 5.91 Å². The van der Waals surface area contributed by atoms with E-state index in [1.165, 1.54) is 11.3 Å². The van der Waals surface area contributed by atoms with Crippen LogP contribution < -0.4 is 5.73 Å². The summed E-state index contributed by atoms with van der Waals surface area (Å²) >= 11 is 8.13. The third kappa shape index (κ3) is 3.93. The molecular weight excluding hydrogens is 420 g/mol. The van der Waals surface area contributed by atoms with E-state index in [-0.39, 0.29) is 5.91 Å². The molecule has 4 nitrogen and oxygen atoms in total. The Morgan fingerprint density at radius 1 is 1.24 bits per heavy atom. The second kappa shape index (κ2) is 6.72. The average Bonchev–Trinajstić information content (AvgIpc) is 2.78. The summed E-state index contributed by atoms with van der Waals surface area (Å²) < 4.78 is 1.76. The molecule has 0 aliphatic heterocycles. The smallest absolute Gasteiger partial charge is 0.264 e. The first-order valence-electron chi connectivity index (χ1n) is 5.97. The number of hydrogen-bond acceptors (Lipinski definition) is 3. The number of rotatable bonds is 4. The largest absolute Gasteiger partial charge is 0.366 e. The Balaban J connectivity index is 2.08. The molecule has 1 aromatic carbocycles. The Labute approximate surface area is 143 Å². The minimum atomic E-state index is -0.459. The molecule has 2 aromatic rings. The number of nitrogens with zero attached hydrogens (tertiary/aromatic N) is 1. The average molecular weight is 432 g/mol. The first kappa shape index (κ1) is 16.2. The van der Waals surface area contributed by atoms with Gasteiger partial charge in [0.1, 0.15) is 0 Å². The van der Waals surface area contributed by atoms with E-state index in [0.717, 1.165) is 13.8 Å². The van der Waals surface area contributed by atoms with Crippen LogP contribution in [0.3, 0.4) is 0 Å². The van der Waals surface area contributed by atoms with Crippen molar-refractivity contribution in [2.24, 2.45) is 5.73 Å². The van der Waals surface area contributed by atoms with Gasteiger partial charge >= 0.3 is 0 Å². The number of nitrogens with two attached hydrogens (primary N) is 1. The minimum Gasteiger partial charge on any atom is -0.366 e. The molecule has 0 bridgehead atoms. The molecule has 0 saturated heterocycles. The van der Waals surface area contributed by atoms with Gasteiger partial charge in [0.25, 0.3) is 5.91 Å². The van der Waals surface area contributed by atoms with Crippen LogP contribution in [-0.4, -0.2) is 23.8 Å². The fourth-order valence-corrected chi connectivity index (χ4v) is 3.79. The van der Waals surface area contributed by atoms with Crippen LogP contribution >= 0.6 is 43.2 Å². The summed E-state index contributed by atoms with van der Waals surface area (Å²) in [7, 11) is 1.74. The number of hydrogen-bond donors (Lipinski definition) is 1. The lowest BCUT2D eigenvalue weighted by atomic mass is 10.1. The molecular formula is C14H12Br2N2O2S. The van der Waals surface area contributed by atoms with Crippen molar-refractivity contribution >= 4 is 55.0 Å². The van der Waals surface area contributed by atoms with Crippen LogP contribution in [0.25, 0.3) is 0 Å². The normalized spacial score (nSPS) is 10.4. The zero-order chi connectivity index (χ0) is 15.6. The van der Waals surface area contributed by atoms with Gasteiger partial charge in [-0.1, -0.05) is 12.1 Å². The van der Waals surface area contributed by atoms with Crippen LogP contribution in [0.2, 0.25) is 0 Å². The van der Waals surface area contributed by atoms with E-state index >= 15 is 0 Å². The fraction of sp³-hybridized carbons (Fsp3) is 0.143. The highest BCUT2D eigenvalue weighted by Crippen LogP contribution is 2.33. The summed E-state index contributed by atoms with van der Waals surface area (Å²) in [6.07, 6.45) is 0. The monoisotopic (exact) mass is 430 g/mol. The fourth-order valence-electron chi connectivity index (χ4n) is 1.76. The molecule has 21 heavy (non-hydrogen) atoms. The standard InChI is InChI=1S/C14H12Br2N2O2S/c1-18(14(20)11-6-10(15)12(16)21-11)7-8-2-4-9(5-3-8)13(17)19/h2-6H,7H2,1H3,(H2,17,19). The van der Waals surface area contributed by atoms with Crippen LogP contribution in [-0.2, 0) is 6.54 Å². The van der Waals surface area contributed by atoms with Crippen LogP contribution in [0.15, 0.2) is 38.6 Å². The van der Waals surface area contributed by atoms with Crippen molar-refractivity contribution in [2.45, 2.75) is 6.54 Å². The maximum absolute atomic E-state index is 12.3. The van der Waals surface area contributed by atoms with E-state index in [0.29, 0.717) is 17.0 Å². The molecule has 2 rings (SSSR count). The van der Waals surface area contributed by atoms with Crippen LogP contribution in [0.5, 0.6) is 0 Å². The highest BCUT2D eigenvalue weighted by atomic mass is 79.9. The van der Waals surface area contributed by atoms with Gasteiger partial charge in [0, 0.05) is 23.6 Å². The summed E-state index contributed by atoms with van der Waals surface area (Å²) in [5, 5.41) is 0. The molecule has 2 amide bonds. The Morgan fingerprint density at radius 3 is 2.33 bits per heavy atom. The van der Waals surface area contributed by atoms with Gasteiger partial charge in [-0.15, -0.1) is 11.3 Å². The molecule has 0 saturated carbocycles. The minimum absolute atomic E-state index is 0.0506. The van der Waals surface area contributed by atoms with Crippen LogP contribution in [0, 0.1) is 0 Å². The van der Waals surface area contributed by atoms with Crippen molar-refractivity contribution < 1.29 is 9.59 Å². The molecule has 110 valence electrons. The summed E-state index contributed by atoms with van der Waals surface area (Å²) in [6.45, 7) is 0.463. The highest BCUT2D eigenvalue weighted by Gasteiger charge is 2.16. The lowest BCUT2D eigenvalue weighted by Gasteiger charge is -2.16. The second-order valence-electron chi connectivity index (χ2n) is 4.45. The molecule has 0 aliphatic rings. The van der Waals surface area contributed by atoms with Crippen molar-refractivity contribution in [2.75, 3.05) is 7.05 Å². The summed E-state index contributed by atoms with van der Waals surface area (Å²) in [4.78, 5) is 25.6. The van der Waals surface area contributed by atoms with Gasteiger partial charge in [-0.2, -0.15) is 0 Å². The zero-order valence-electron chi connectivity index (χ0n) is 11.1. The van der Waals surface area contributed by atoms with Gasteiger partial charge in [0.2, 0.25) is 5.91 Å². The summed E-state index contributed by atoms with van der Waals surface area (Å²) in [5.41, 5.74) is 6.59. The molecule has 2 N–H and O–H groups in total. The highest BCUT2D eigenvalue weighted by molar-refractivity contribution is 9.13. The third-order valence-electron chi connectivity index (χ3n) is 2.86. The number of carbonyl (C=O) groups excluding carboxylic acids is 2. The number of benzene rings is 1. The lowest BCUT2D eigenvalue weighted by molar-refractivity contribution is 0.0789. The first-order valence-corrected chi connectivity index (χ1v) is 8.37. The van der Waals surface area contributed by atoms with Gasteiger partial charge in [0.15, 0.2) is 0 Å². The van der Waals surface area contributed by atoms with Crippen LogP contribution in [0.1, 0.15) is 25.6 Å². The van der Waals surface area contributed by atoms with E-state index in [4.69, 9.17) is 5.73 Å². The van der Waals surface area contributed by atoms with Crippen molar-refractivity contribution in [3.8, 4) is 0 Å². The first-order chi connectivity index (χ1) is 9.88. The van der Waals surface area contributed by atoms with Crippen molar-refractivity contribution in [3.63, 3.8) is 0 Å². The summed E-state index contributed by atoms with van der Waals surface area (Å²) in [5.74, 6) is -0.510. The lowest BCUT2D eigenvalue weighted by Crippen LogP contribution is -2.25.